The summed E-state index contributed by atoms with van der Waals surface area (Å²) < 4.78 is 5.81. The van der Waals surface area contributed by atoms with Crippen molar-refractivity contribution in [3.8, 4) is 5.75 Å². The van der Waals surface area contributed by atoms with E-state index in [4.69, 9.17) is 10.5 Å². The van der Waals surface area contributed by atoms with Crippen molar-refractivity contribution >= 4 is 0 Å². The summed E-state index contributed by atoms with van der Waals surface area (Å²) >= 11 is 0. The van der Waals surface area contributed by atoms with Crippen LogP contribution in [0.4, 0.5) is 0 Å². The van der Waals surface area contributed by atoms with Gasteiger partial charge in [0.25, 0.3) is 0 Å². The first-order valence-corrected chi connectivity index (χ1v) is 7.88. The van der Waals surface area contributed by atoms with Gasteiger partial charge in [-0.1, -0.05) is 31.4 Å². The Morgan fingerprint density at radius 3 is 2.80 bits per heavy atom. The maximum atomic E-state index is 5.81. The van der Waals surface area contributed by atoms with Crippen LogP contribution in [0.5, 0.6) is 5.75 Å². The van der Waals surface area contributed by atoms with E-state index in [1.807, 2.05) is 24.3 Å². The molecule has 3 nitrogen and oxygen atoms in total. The Kier molecular flexibility index (Phi) is 6.34. The third-order valence-corrected chi connectivity index (χ3v) is 4.17. The molecule has 0 spiro atoms. The average Bonchev–Trinajstić information content (AvgIpc) is 2.48. The van der Waals surface area contributed by atoms with E-state index in [1.54, 1.807) is 0 Å². The number of nitrogens with zero attached hydrogens (tertiary/aromatic N) is 1. The van der Waals surface area contributed by atoms with Gasteiger partial charge in [-0.2, -0.15) is 0 Å². The van der Waals surface area contributed by atoms with E-state index >= 15 is 0 Å². The van der Waals surface area contributed by atoms with Crippen LogP contribution in [0.15, 0.2) is 24.3 Å². The van der Waals surface area contributed by atoms with Crippen molar-refractivity contribution in [1.29, 1.82) is 0 Å². The van der Waals surface area contributed by atoms with E-state index in [0.29, 0.717) is 6.54 Å². The first kappa shape index (κ1) is 15.3. The predicted octanol–water partition coefficient (Wildman–Crippen LogP) is 3.04. The predicted molar refractivity (Wildman–Crippen MR) is 83.9 cm³/mol. The van der Waals surface area contributed by atoms with E-state index in [2.05, 4.69) is 11.9 Å². The zero-order valence-electron chi connectivity index (χ0n) is 12.7. The third kappa shape index (κ3) is 5.14. The van der Waals surface area contributed by atoms with Gasteiger partial charge in [0, 0.05) is 19.6 Å². The highest BCUT2D eigenvalue weighted by molar-refractivity contribution is 5.28. The standard InChI is InChI=1S/C17H28N2O/c1-19(14-15-6-3-2-4-7-15)10-11-20-17-9-5-8-16(12-17)13-18/h5,8-9,12,15H,2-4,6-7,10-11,13-14,18H2,1H3. The summed E-state index contributed by atoms with van der Waals surface area (Å²) in [6, 6.07) is 8.06. The quantitative estimate of drug-likeness (QED) is 0.832. The number of likely N-dealkylation sites (N-methyl/N-ethyl adjacent to an activating group) is 1. The summed E-state index contributed by atoms with van der Waals surface area (Å²) in [5.74, 6) is 1.83. The number of hydrogen-bond acceptors (Lipinski definition) is 3. The first-order valence-electron chi connectivity index (χ1n) is 7.88. The van der Waals surface area contributed by atoms with Crippen LogP contribution < -0.4 is 10.5 Å². The molecule has 0 amide bonds. The van der Waals surface area contributed by atoms with Gasteiger partial charge in [0.2, 0.25) is 0 Å². The summed E-state index contributed by atoms with van der Waals surface area (Å²) in [5.41, 5.74) is 6.76. The maximum Gasteiger partial charge on any atom is 0.119 e. The Morgan fingerprint density at radius 2 is 2.05 bits per heavy atom. The molecule has 20 heavy (non-hydrogen) atoms. The van der Waals surface area contributed by atoms with Gasteiger partial charge >= 0.3 is 0 Å². The number of benzene rings is 1. The average molecular weight is 276 g/mol. The van der Waals surface area contributed by atoms with Gasteiger partial charge in [-0.25, -0.2) is 0 Å². The number of ether oxygens (including phenoxy) is 1. The van der Waals surface area contributed by atoms with Crippen molar-refractivity contribution in [2.45, 2.75) is 38.6 Å². The normalized spacial score (nSPS) is 16.6. The van der Waals surface area contributed by atoms with E-state index in [0.717, 1.165) is 30.4 Å². The van der Waals surface area contributed by atoms with Gasteiger partial charge in [0.15, 0.2) is 0 Å². The van der Waals surface area contributed by atoms with Crippen molar-refractivity contribution in [2.24, 2.45) is 11.7 Å². The molecule has 0 aromatic heterocycles. The van der Waals surface area contributed by atoms with E-state index < -0.39 is 0 Å². The van der Waals surface area contributed by atoms with Gasteiger partial charge in [0.05, 0.1) is 0 Å². The fourth-order valence-electron chi connectivity index (χ4n) is 2.98. The Morgan fingerprint density at radius 1 is 1.25 bits per heavy atom. The highest BCUT2D eigenvalue weighted by Gasteiger charge is 2.15. The summed E-state index contributed by atoms with van der Waals surface area (Å²) in [7, 11) is 2.20. The van der Waals surface area contributed by atoms with Crippen LogP contribution in [-0.4, -0.2) is 31.6 Å². The van der Waals surface area contributed by atoms with Gasteiger partial charge < -0.3 is 15.4 Å². The second kappa shape index (κ2) is 8.28. The molecule has 0 atom stereocenters. The Balaban J connectivity index is 1.66. The molecule has 1 aliphatic carbocycles. The van der Waals surface area contributed by atoms with Crippen molar-refractivity contribution in [3.63, 3.8) is 0 Å². The molecule has 1 fully saturated rings. The minimum Gasteiger partial charge on any atom is -0.492 e. The van der Waals surface area contributed by atoms with Crippen LogP contribution >= 0.6 is 0 Å². The Hall–Kier alpha value is -1.06. The Bertz CT molecular complexity index is 388. The summed E-state index contributed by atoms with van der Waals surface area (Å²) in [4.78, 5) is 2.41. The third-order valence-electron chi connectivity index (χ3n) is 4.17. The summed E-state index contributed by atoms with van der Waals surface area (Å²) in [6.07, 6.45) is 7.08. The van der Waals surface area contributed by atoms with E-state index in [-0.39, 0.29) is 0 Å². The molecule has 0 unspecified atom stereocenters. The number of rotatable bonds is 7. The van der Waals surface area contributed by atoms with Crippen molar-refractivity contribution in [1.82, 2.24) is 4.90 Å². The monoisotopic (exact) mass is 276 g/mol. The maximum absolute atomic E-state index is 5.81. The molecule has 112 valence electrons. The smallest absolute Gasteiger partial charge is 0.119 e. The molecule has 0 aliphatic heterocycles. The molecule has 1 saturated carbocycles. The largest absolute Gasteiger partial charge is 0.492 e. The fraction of sp³-hybridized carbons (Fsp3) is 0.647. The zero-order valence-corrected chi connectivity index (χ0v) is 12.7. The number of nitrogens with two attached hydrogens (primary N) is 1. The van der Waals surface area contributed by atoms with Gasteiger partial charge in [0.1, 0.15) is 12.4 Å². The van der Waals surface area contributed by atoms with Crippen LogP contribution in [0.2, 0.25) is 0 Å². The van der Waals surface area contributed by atoms with Gasteiger partial charge in [-0.15, -0.1) is 0 Å². The molecule has 2 N–H and O–H groups in total. The lowest BCUT2D eigenvalue weighted by Gasteiger charge is -2.26. The molecule has 0 radical (unpaired) electrons. The minimum absolute atomic E-state index is 0.568. The molecule has 0 heterocycles. The zero-order chi connectivity index (χ0) is 14.2. The lowest BCUT2D eigenvalue weighted by molar-refractivity contribution is 0.195. The summed E-state index contributed by atoms with van der Waals surface area (Å²) in [5, 5.41) is 0. The Labute approximate surface area is 123 Å². The molecule has 0 bridgehead atoms. The van der Waals surface area contributed by atoms with Crippen LogP contribution in [0, 0.1) is 5.92 Å². The second-order valence-electron chi connectivity index (χ2n) is 5.97. The fourth-order valence-corrected chi connectivity index (χ4v) is 2.98. The van der Waals surface area contributed by atoms with Gasteiger partial charge in [-0.05, 0) is 43.5 Å². The van der Waals surface area contributed by atoms with Crippen LogP contribution in [0.1, 0.15) is 37.7 Å². The van der Waals surface area contributed by atoms with Crippen LogP contribution in [0.25, 0.3) is 0 Å². The highest BCUT2D eigenvalue weighted by Crippen LogP contribution is 2.24. The van der Waals surface area contributed by atoms with E-state index in [1.165, 1.54) is 38.6 Å². The van der Waals surface area contributed by atoms with Crippen molar-refractivity contribution in [2.75, 3.05) is 26.7 Å². The molecule has 0 saturated heterocycles. The molecular formula is C17H28N2O. The lowest BCUT2D eigenvalue weighted by atomic mass is 9.89. The molecule has 2 rings (SSSR count). The topological polar surface area (TPSA) is 38.5 Å². The summed E-state index contributed by atoms with van der Waals surface area (Å²) in [6.45, 7) is 3.52. The van der Waals surface area contributed by atoms with Crippen molar-refractivity contribution in [3.05, 3.63) is 29.8 Å². The SMILES string of the molecule is CN(CCOc1cccc(CN)c1)CC1CCCCC1. The molecule has 3 heteroatoms. The number of hydrogen-bond donors (Lipinski definition) is 1. The van der Waals surface area contributed by atoms with E-state index in [9.17, 15) is 0 Å². The van der Waals surface area contributed by atoms with Crippen LogP contribution in [-0.2, 0) is 6.54 Å². The van der Waals surface area contributed by atoms with Crippen molar-refractivity contribution < 1.29 is 4.74 Å². The highest BCUT2D eigenvalue weighted by atomic mass is 16.5. The molecule has 1 aliphatic rings. The van der Waals surface area contributed by atoms with Gasteiger partial charge in [-0.3, -0.25) is 0 Å². The minimum atomic E-state index is 0.568. The first-order chi connectivity index (χ1) is 9.78. The molecule has 1 aromatic carbocycles. The van der Waals surface area contributed by atoms with Crippen LogP contribution in [0.3, 0.4) is 0 Å². The lowest BCUT2D eigenvalue weighted by Crippen LogP contribution is -2.30. The molecule has 1 aromatic rings. The molecular weight excluding hydrogens is 248 g/mol. The second-order valence-corrected chi connectivity index (χ2v) is 5.97.